The number of nitrogens with zero attached hydrogens (tertiary/aromatic N) is 3. The maximum Gasteiger partial charge on any atom is 0.253 e. The van der Waals surface area contributed by atoms with Gasteiger partial charge >= 0.3 is 0 Å². The van der Waals surface area contributed by atoms with Crippen molar-refractivity contribution < 1.29 is 14.1 Å². The van der Waals surface area contributed by atoms with Crippen molar-refractivity contribution in [2.45, 2.75) is 38.5 Å². The van der Waals surface area contributed by atoms with Gasteiger partial charge in [-0.15, -0.1) is 0 Å². The van der Waals surface area contributed by atoms with Crippen molar-refractivity contribution in [3.8, 4) is 0 Å². The van der Waals surface area contributed by atoms with Crippen molar-refractivity contribution in [3.63, 3.8) is 0 Å². The summed E-state index contributed by atoms with van der Waals surface area (Å²) in [6.45, 7) is 4.48. The van der Waals surface area contributed by atoms with Crippen molar-refractivity contribution >= 4 is 11.6 Å². The zero-order valence-electron chi connectivity index (χ0n) is 14.2. The van der Waals surface area contributed by atoms with E-state index in [1.165, 1.54) is 0 Å². The van der Waals surface area contributed by atoms with Crippen LogP contribution in [-0.2, 0) is 16.1 Å². The second kappa shape index (κ2) is 6.93. The summed E-state index contributed by atoms with van der Waals surface area (Å²) in [5.41, 5.74) is 1.65. The highest BCUT2D eigenvalue weighted by atomic mass is 16.5. The zero-order valence-corrected chi connectivity index (χ0v) is 14.2. The Balaban J connectivity index is 1.33. The molecule has 7 heteroatoms. The van der Waals surface area contributed by atoms with E-state index in [0.29, 0.717) is 11.6 Å². The largest absolute Gasteiger partial charge is 0.364 e. The fourth-order valence-corrected chi connectivity index (χ4v) is 3.69. The van der Waals surface area contributed by atoms with Crippen LogP contribution >= 0.6 is 0 Å². The Bertz CT molecular complexity index is 733. The lowest BCUT2D eigenvalue weighted by Gasteiger charge is -2.33. The highest BCUT2D eigenvalue weighted by molar-refractivity contribution is 5.94. The molecular formula is C18H22N4O3. The van der Waals surface area contributed by atoms with Crippen molar-refractivity contribution in [1.82, 2.24) is 15.0 Å². The molecule has 2 saturated heterocycles. The van der Waals surface area contributed by atoms with E-state index in [0.717, 1.165) is 43.9 Å². The molecule has 0 saturated carbocycles. The van der Waals surface area contributed by atoms with Crippen LogP contribution in [-0.4, -0.2) is 46.2 Å². The number of carbonyl (C=O) groups is 1. The van der Waals surface area contributed by atoms with Crippen LogP contribution in [0.15, 0.2) is 35.1 Å². The first-order valence-corrected chi connectivity index (χ1v) is 8.68. The van der Waals surface area contributed by atoms with Gasteiger partial charge in [-0.25, -0.2) is 0 Å². The monoisotopic (exact) mass is 342 g/mol. The number of pyridine rings is 1. The van der Waals surface area contributed by atoms with E-state index >= 15 is 0 Å². The third-order valence-corrected chi connectivity index (χ3v) is 4.92. The Hall–Kier alpha value is -2.25. The summed E-state index contributed by atoms with van der Waals surface area (Å²) < 4.78 is 11.2. The Kier molecular flexibility index (Phi) is 4.50. The molecule has 2 aromatic rings. The number of anilines is 1. The molecule has 0 radical (unpaired) electrons. The summed E-state index contributed by atoms with van der Waals surface area (Å²) in [4.78, 5) is 18.8. The van der Waals surface area contributed by atoms with Gasteiger partial charge in [-0.05, 0) is 44.4 Å². The summed E-state index contributed by atoms with van der Waals surface area (Å²) >= 11 is 0. The first-order valence-electron chi connectivity index (χ1n) is 8.68. The third-order valence-electron chi connectivity index (χ3n) is 4.92. The number of ether oxygens (including phenoxy) is 1. The average Bonchev–Trinajstić information content (AvgIpc) is 3.21. The van der Waals surface area contributed by atoms with Gasteiger partial charge in [-0.1, -0.05) is 5.16 Å². The van der Waals surface area contributed by atoms with Gasteiger partial charge in [-0.3, -0.25) is 14.7 Å². The number of fused-ring (bicyclic) bond motifs is 1. The van der Waals surface area contributed by atoms with Gasteiger partial charge in [0.2, 0.25) is 0 Å². The first kappa shape index (κ1) is 16.2. The van der Waals surface area contributed by atoms with E-state index in [-0.39, 0.29) is 18.1 Å². The number of rotatable bonds is 4. The van der Waals surface area contributed by atoms with E-state index < -0.39 is 0 Å². The molecule has 1 amide bonds. The Morgan fingerprint density at radius 2 is 2.40 bits per heavy atom. The fourth-order valence-electron chi connectivity index (χ4n) is 3.69. The second-order valence-corrected chi connectivity index (χ2v) is 6.84. The lowest BCUT2D eigenvalue weighted by Crippen LogP contribution is -2.42. The van der Waals surface area contributed by atoms with Crippen LogP contribution in [0.5, 0.6) is 0 Å². The molecule has 0 unspecified atom stereocenters. The maximum atomic E-state index is 12.4. The van der Waals surface area contributed by atoms with Gasteiger partial charge in [0.1, 0.15) is 11.9 Å². The topological polar surface area (TPSA) is 80.5 Å². The number of aromatic nitrogens is 2. The van der Waals surface area contributed by atoms with Crippen molar-refractivity contribution in [2.75, 3.05) is 18.4 Å². The number of carbonyl (C=O) groups excluding carboxylic acids is 1. The average molecular weight is 342 g/mol. The molecule has 25 heavy (non-hydrogen) atoms. The summed E-state index contributed by atoms with van der Waals surface area (Å²) in [5.74, 6) is 1.19. The number of hydrogen-bond donors (Lipinski definition) is 1. The van der Waals surface area contributed by atoms with Crippen LogP contribution in [0.4, 0.5) is 5.69 Å². The van der Waals surface area contributed by atoms with Crippen LogP contribution in [0.25, 0.3) is 0 Å². The van der Waals surface area contributed by atoms with Crippen LogP contribution in [0.3, 0.4) is 0 Å². The summed E-state index contributed by atoms with van der Waals surface area (Å²) in [6, 6.07) is 5.59. The fraction of sp³-hybridized carbons (Fsp3) is 0.500. The quantitative estimate of drug-likeness (QED) is 0.915. The van der Waals surface area contributed by atoms with E-state index in [2.05, 4.69) is 20.4 Å². The molecule has 0 aromatic carbocycles. The van der Waals surface area contributed by atoms with Crippen LogP contribution in [0.1, 0.15) is 24.3 Å². The predicted molar refractivity (Wildman–Crippen MR) is 90.8 cm³/mol. The molecule has 2 fully saturated rings. The van der Waals surface area contributed by atoms with Gasteiger partial charge in [0.15, 0.2) is 0 Å². The lowest BCUT2D eigenvalue weighted by molar-refractivity contribution is -0.127. The molecule has 4 rings (SSSR count). The van der Waals surface area contributed by atoms with E-state index in [1.807, 2.05) is 19.1 Å². The standard InChI is InChI=1S/C18H22N4O3/c1-12-7-15(21-25-12)10-22-6-4-13-8-16(24-17(13)11-22)18(23)20-14-3-2-5-19-9-14/h2-3,5,7,9,13,16-17H,4,6,8,10-11H2,1H3,(H,20,23)/t13-,16+,17+/m1/s1. The van der Waals surface area contributed by atoms with Crippen LogP contribution in [0, 0.1) is 12.8 Å². The molecule has 132 valence electrons. The van der Waals surface area contributed by atoms with E-state index in [1.54, 1.807) is 18.5 Å². The molecule has 0 aliphatic carbocycles. The Labute approximate surface area is 146 Å². The summed E-state index contributed by atoms with van der Waals surface area (Å²) in [5, 5.41) is 6.94. The van der Waals surface area contributed by atoms with Crippen molar-refractivity contribution in [1.29, 1.82) is 0 Å². The lowest BCUT2D eigenvalue weighted by atomic mass is 9.91. The molecule has 2 aromatic heterocycles. The number of amides is 1. The maximum absolute atomic E-state index is 12.4. The minimum absolute atomic E-state index is 0.0823. The molecule has 1 N–H and O–H groups in total. The molecule has 3 atom stereocenters. The predicted octanol–water partition coefficient (Wildman–Crippen LogP) is 2.00. The second-order valence-electron chi connectivity index (χ2n) is 6.84. The molecule has 4 heterocycles. The SMILES string of the molecule is Cc1cc(CN2CC[C@@H]3C[C@@H](C(=O)Nc4cccnc4)O[C@H]3C2)no1. The molecule has 0 bridgehead atoms. The number of nitrogens with one attached hydrogen (secondary N) is 1. The van der Waals surface area contributed by atoms with Gasteiger partial charge in [0.25, 0.3) is 5.91 Å². The number of hydrogen-bond acceptors (Lipinski definition) is 6. The van der Waals surface area contributed by atoms with Gasteiger partial charge < -0.3 is 14.6 Å². The Morgan fingerprint density at radius 1 is 1.48 bits per heavy atom. The Morgan fingerprint density at radius 3 is 3.16 bits per heavy atom. The van der Waals surface area contributed by atoms with Crippen LogP contribution < -0.4 is 5.32 Å². The van der Waals surface area contributed by atoms with Crippen LogP contribution in [0.2, 0.25) is 0 Å². The van der Waals surface area contributed by atoms with Crippen molar-refractivity contribution in [3.05, 3.63) is 42.0 Å². The number of likely N-dealkylation sites (tertiary alicyclic amines) is 1. The number of aryl methyl sites for hydroxylation is 1. The van der Waals surface area contributed by atoms with Gasteiger partial charge in [-0.2, -0.15) is 0 Å². The minimum Gasteiger partial charge on any atom is -0.364 e. The normalized spacial score (nSPS) is 26.4. The van der Waals surface area contributed by atoms with Gasteiger partial charge in [0.05, 0.1) is 23.7 Å². The minimum atomic E-state index is -0.385. The number of piperidine rings is 1. The van der Waals surface area contributed by atoms with Crippen molar-refractivity contribution in [2.24, 2.45) is 5.92 Å². The molecule has 2 aliphatic heterocycles. The zero-order chi connectivity index (χ0) is 17.2. The van der Waals surface area contributed by atoms with Gasteiger partial charge in [0, 0.05) is 25.4 Å². The summed E-state index contributed by atoms with van der Waals surface area (Å²) in [7, 11) is 0. The van der Waals surface area contributed by atoms with E-state index in [9.17, 15) is 4.79 Å². The molecular weight excluding hydrogens is 320 g/mol. The third kappa shape index (κ3) is 3.72. The highest BCUT2D eigenvalue weighted by Crippen LogP contribution is 2.34. The van der Waals surface area contributed by atoms with E-state index in [4.69, 9.17) is 9.26 Å². The highest BCUT2D eigenvalue weighted by Gasteiger charge is 2.41. The first-order chi connectivity index (χ1) is 12.2. The summed E-state index contributed by atoms with van der Waals surface area (Å²) in [6.07, 6.45) is 4.87. The molecule has 7 nitrogen and oxygen atoms in total. The smallest absolute Gasteiger partial charge is 0.253 e. The molecule has 2 aliphatic rings. The molecule has 0 spiro atoms.